The molecule has 0 spiro atoms. The van der Waals surface area contributed by atoms with Gasteiger partial charge < -0.3 is 9.42 Å². The molecule has 1 amide bonds. The number of benzene rings is 2. The number of nitrogens with zero attached hydrogens (tertiary/aromatic N) is 3. The number of carbonyl (C=O) groups excluding carboxylic acids is 1. The van der Waals surface area contributed by atoms with Crippen molar-refractivity contribution in [1.29, 1.82) is 0 Å². The number of piperidine rings is 1. The van der Waals surface area contributed by atoms with Gasteiger partial charge in [-0.15, -0.1) is 0 Å². The fourth-order valence-electron chi connectivity index (χ4n) is 4.55. The minimum atomic E-state index is -4.00. The molecule has 190 valence electrons. The minimum Gasteiger partial charge on any atom is -0.355 e. The van der Waals surface area contributed by atoms with Crippen molar-refractivity contribution in [3.8, 4) is 0 Å². The second-order valence-corrected chi connectivity index (χ2v) is 10.8. The van der Waals surface area contributed by atoms with Crippen molar-refractivity contribution >= 4 is 33.8 Å². The molecule has 3 aromatic rings. The highest BCUT2D eigenvalue weighted by Crippen LogP contribution is 2.31. The van der Waals surface area contributed by atoms with E-state index in [1.165, 1.54) is 22.5 Å². The first-order valence-corrected chi connectivity index (χ1v) is 13.4. The van der Waals surface area contributed by atoms with Crippen molar-refractivity contribution in [2.45, 2.75) is 38.5 Å². The van der Waals surface area contributed by atoms with Gasteiger partial charge in [-0.1, -0.05) is 35.5 Å². The van der Waals surface area contributed by atoms with Gasteiger partial charge in [0.15, 0.2) is 10.7 Å². The van der Waals surface area contributed by atoms with Gasteiger partial charge in [0, 0.05) is 30.9 Å². The molecule has 1 saturated heterocycles. The third-order valence-corrected chi connectivity index (χ3v) is 8.40. The maximum atomic E-state index is 14.0. The van der Waals surface area contributed by atoms with Crippen molar-refractivity contribution in [2.24, 2.45) is 5.92 Å². The summed E-state index contributed by atoms with van der Waals surface area (Å²) >= 11 is 0. The number of rotatable bonds is 7. The highest BCUT2D eigenvalue weighted by Gasteiger charge is 2.38. The number of aromatic nitrogens is 1. The first kappa shape index (κ1) is 25.8. The number of carbonyl (C=O) groups is 1. The van der Waals surface area contributed by atoms with E-state index in [1.807, 2.05) is 38.1 Å². The van der Waals surface area contributed by atoms with Gasteiger partial charge >= 0.3 is 0 Å². The zero-order chi connectivity index (χ0) is 25.9. The number of sulfonamides is 1. The molecule has 1 atom stereocenters. The quantitative estimate of drug-likeness (QED) is 0.443. The first-order valence-electron chi connectivity index (χ1n) is 12.0. The average molecular weight is 512 g/mol. The molecule has 7 nitrogen and oxygen atoms in total. The maximum Gasteiger partial charge on any atom is 0.248 e. The molecule has 1 aliphatic rings. The summed E-state index contributed by atoms with van der Waals surface area (Å²) in [5, 5.41) is 3.85. The number of anilines is 1. The molecule has 0 radical (unpaired) electrons. The van der Waals surface area contributed by atoms with Crippen molar-refractivity contribution < 1.29 is 22.1 Å². The minimum absolute atomic E-state index is 0.0270. The summed E-state index contributed by atoms with van der Waals surface area (Å²) in [6, 6.07) is 13.9. The molecule has 1 aromatic heterocycles. The molecule has 2 heterocycles. The van der Waals surface area contributed by atoms with E-state index < -0.39 is 21.8 Å². The monoisotopic (exact) mass is 511 g/mol. The van der Waals surface area contributed by atoms with Gasteiger partial charge in [0.1, 0.15) is 11.5 Å². The molecule has 9 heteroatoms. The third kappa shape index (κ3) is 5.27. The lowest BCUT2D eigenvalue weighted by Crippen LogP contribution is -2.47. The number of amides is 1. The van der Waals surface area contributed by atoms with E-state index in [0.717, 1.165) is 11.3 Å². The van der Waals surface area contributed by atoms with Gasteiger partial charge in [0.2, 0.25) is 15.9 Å². The van der Waals surface area contributed by atoms with Crippen LogP contribution < -0.4 is 4.90 Å². The van der Waals surface area contributed by atoms with Crippen molar-refractivity contribution in [3.05, 3.63) is 76.9 Å². The topological polar surface area (TPSA) is 83.7 Å². The average Bonchev–Trinajstić information content (AvgIpc) is 3.25. The second kappa shape index (κ2) is 10.8. The summed E-state index contributed by atoms with van der Waals surface area (Å²) in [5.41, 5.74) is 2.37. The SMILES string of the molecule is CCN(C(=O)[C@@H]1CCCN(S(=O)(=O)c2c(C)noc2/C=C/c2ccccc2F)C1)c1cccc(C)c1. The number of aryl methyl sites for hydroxylation is 2. The Morgan fingerprint density at radius 3 is 2.69 bits per heavy atom. The van der Waals surface area contributed by atoms with Crippen molar-refractivity contribution in [1.82, 2.24) is 9.46 Å². The Morgan fingerprint density at radius 1 is 1.19 bits per heavy atom. The number of hydrogen-bond donors (Lipinski definition) is 0. The van der Waals surface area contributed by atoms with Crippen LogP contribution in [0.5, 0.6) is 0 Å². The normalized spacial score (nSPS) is 16.9. The van der Waals surface area contributed by atoms with Crippen LogP contribution in [0.1, 0.15) is 42.3 Å². The first-order chi connectivity index (χ1) is 17.2. The zero-order valence-corrected chi connectivity index (χ0v) is 21.5. The van der Waals surface area contributed by atoms with Crippen LogP contribution in [0.25, 0.3) is 12.2 Å². The molecule has 2 aromatic carbocycles. The van der Waals surface area contributed by atoms with Crippen LogP contribution in [0.4, 0.5) is 10.1 Å². The Balaban J connectivity index is 1.58. The van der Waals surface area contributed by atoms with Gasteiger partial charge in [-0.05, 0) is 69.5 Å². The van der Waals surface area contributed by atoms with Crippen molar-refractivity contribution in [3.63, 3.8) is 0 Å². The molecule has 1 aliphatic heterocycles. The van der Waals surface area contributed by atoms with E-state index in [9.17, 15) is 17.6 Å². The van der Waals surface area contributed by atoms with Gasteiger partial charge in [-0.3, -0.25) is 4.79 Å². The molecule has 0 aliphatic carbocycles. The third-order valence-electron chi connectivity index (χ3n) is 6.38. The lowest BCUT2D eigenvalue weighted by atomic mass is 9.97. The maximum absolute atomic E-state index is 14.0. The molecule has 36 heavy (non-hydrogen) atoms. The highest BCUT2D eigenvalue weighted by atomic mass is 32.2. The van der Waals surface area contributed by atoms with Gasteiger partial charge in [0.05, 0.1) is 5.92 Å². The van der Waals surface area contributed by atoms with E-state index in [-0.39, 0.29) is 28.8 Å². The highest BCUT2D eigenvalue weighted by molar-refractivity contribution is 7.89. The Labute approximate surface area is 211 Å². The van der Waals surface area contributed by atoms with E-state index >= 15 is 0 Å². The van der Waals surface area contributed by atoms with Gasteiger partial charge in [-0.25, -0.2) is 12.8 Å². The molecule has 0 N–H and O–H groups in total. The molecular weight excluding hydrogens is 481 g/mol. The Kier molecular flexibility index (Phi) is 7.70. The Morgan fingerprint density at radius 2 is 1.97 bits per heavy atom. The molecule has 0 saturated carbocycles. The molecule has 4 rings (SSSR count). The van der Waals surface area contributed by atoms with Crippen LogP contribution in [0.2, 0.25) is 0 Å². The van der Waals surface area contributed by atoms with Crippen LogP contribution >= 0.6 is 0 Å². The van der Waals surface area contributed by atoms with Crippen LogP contribution in [0.15, 0.2) is 57.9 Å². The summed E-state index contributed by atoms with van der Waals surface area (Å²) in [7, 11) is -4.00. The molecular formula is C27H30FN3O4S. The summed E-state index contributed by atoms with van der Waals surface area (Å²) < 4.78 is 48.0. The fourth-order valence-corrected chi connectivity index (χ4v) is 6.32. The van der Waals surface area contributed by atoms with E-state index in [1.54, 1.807) is 30.0 Å². The van der Waals surface area contributed by atoms with E-state index in [2.05, 4.69) is 5.16 Å². The van der Waals surface area contributed by atoms with E-state index in [4.69, 9.17) is 4.52 Å². The predicted octanol–water partition coefficient (Wildman–Crippen LogP) is 5.05. The molecule has 0 bridgehead atoms. The number of halogens is 1. The molecule has 1 fully saturated rings. The number of hydrogen-bond acceptors (Lipinski definition) is 5. The molecule has 0 unspecified atom stereocenters. The van der Waals surface area contributed by atoms with Gasteiger partial charge in [-0.2, -0.15) is 4.31 Å². The summed E-state index contributed by atoms with van der Waals surface area (Å²) in [4.78, 5) is 15.1. The summed E-state index contributed by atoms with van der Waals surface area (Å²) in [5.74, 6) is -0.962. The van der Waals surface area contributed by atoms with Crippen LogP contribution in [0, 0.1) is 25.6 Å². The predicted molar refractivity (Wildman–Crippen MR) is 137 cm³/mol. The van der Waals surface area contributed by atoms with E-state index in [0.29, 0.717) is 31.5 Å². The van der Waals surface area contributed by atoms with Crippen molar-refractivity contribution in [2.75, 3.05) is 24.5 Å². The Hall–Kier alpha value is -3.30. The summed E-state index contributed by atoms with van der Waals surface area (Å²) in [6.07, 6.45) is 4.04. The largest absolute Gasteiger partial charge is 0.355 e. The standard InChI is InChI=1S/C27H30FN3O4S/c1-4-31(23-12-7-9-19(2)17-23)27(32)22-11-8-16-30(18-22)36(33,34)26-20(3)29-35-25(26)15-14-21-10-5-6-13-24(21)28/h5-7,9-10,12-15,17,22H,4,8,11,16,18H2,1-3H3/b15-14+/t22-/m1/s1. The smallest absolute Gasteiger partial charge is 0.248 e. The second-order valence-electron chi connectivity index (χ2n) is 8.94. The van der Waals surface area contributed by atoms with Crippen LogP contribution in [-0.2, 0) is 14.8 Å². The van der Waals surface area contributed by atoms with Gasteiger partial charge in [0.25, 0.3) is 0 Å². The fraction of sp³-hybridized carbons (Fsp3) is 0.333. The lowest BCUT2D eigenvalue weighted by molar-refractivity contribution is -0.123. The lowest BCUT2D eigenvalue weighted by Gasteiger charge is -2.34. The summed E-state index contributed by atoms with van der Waals surface area (Å²) in [6.45, 7) is 6.29. The van der Waals surface area contributed by atoms with Crippen LogP contribution in [-0.4, -0.2) is 43.4 Å². The zero-order valence-electron chi connectivity index (χ0n) is 20.6. The van der Waals surface area contributed by atoms with Crippen LogP contribution in [0.3, 0.4) is 0 Å². The Bertz CT molecular complexity index is 1380.